The number of aliphatic hydroxyl groups is 1. The number of aliphatic hydroxyl groups excluding tert-OH is 1. The third-order valence-electron chi connectivity index (χ3n) is 3.60. The lowest BCUT2D eigenvalue weighted by Gasteiger charge is -2.09. The standard InChI is InChI=1S/C17H17ClN2O/c1-2-17-19-15-11-13(18)5-8-16(15)20(17)14-6-3-12(4-7-14)9-10-21/h3-8,11,21H,2,9-10H2,1H3. The quantitative estimate of drug-likeness (QED) is 0.796. The minimum absolute atomic E-state index is 0.173. The fourth-order valence-corrected chi connectivity index (χ4v) is 2.74. The maximum Gasteiger partial charge on any atom is 0.114 e. The molecular weight excluding hydrogens is 284 g/mol. The number of aryl methyl sites for hydroxylation is 1. The van der Waals surface area contributed by atoms with Gasteiger partial charge in [0, 0.05) is 23.7 Å². The lowest BCUT2D eigenvalue weighted by atomic mass is 10.1. The van der Waals surface area contributed by atoms with E-state index in [4.69, 9.17) is 16.7 Å². The molecule has 0 saturated carbocycles. The Labute approximate surface area is 128 Å². The highest BCUT2D eigenvalue weighted by Crippen LogP contribution is 2.25. The van der Waals surface area contributed by atoms with Crippen LogP contribution in [0.2, 0.25) is 5.02 Å². The molecule has 0 atom stereocenters. The van der Waals surface area contributed by atoms with E-state index in [9.17, 15) is 0 Å². The van der Waals surface area contributed by atoms with Gasteiger partial charge in [0.15, 0.2) is 0 Å². The van der Waals surface area contributed by atoms with E-state index in [0.717, 1.165) is 34.5 Å². The summed E-state index contributed by atoms with van der Waals surface area (Å²) in [5, 5.41) is 9.70. The van der Waals surface area contributed by atoms with E-state index in [0.29, 0.717) is 11.4 Å². The highest BCUT2D eigenvalue weighted by molar-refractivity contribution is 6.31. The highest BCUT2D eigenvalue weighted by atomic mass is 35.5. The molecule has 0 radical (unpaired) electrons. The smallest absolute Gasteiger partial charge is 0.114 e. The summed E-state index contributed by atoms with van der Waals surface area (Å²) in [6.07, 6.45) is 1.53. The van der Waals surface area contributed by atoms with Crippen LogP contribution in [-0.2, 0) is 12.8 Å². The topological polar surface area (TPSA) is 38.0 Å². The van der Waals surface area contributed by atoms with Gasteiger partial charge in [-0.25, -0.2) is 4.98 Å². The number of benzene rings is 2. The molecule has 0 saturated heterocycles. The van der Waals surface area contributed by atoms with E-state index in [1.54, 1.807) is 0 Å². The zero-order valence-corrected chi connectivity index (χ0v) is 12.6. The summed E-state index contributed by atoms with van der Waals surface area (Å²) in [6.45, 7) is 2.27. The molecule has 21 heavy (non-hydrogen) atoms. The zero-order chi connectivity index (χ0) is 14.8. The number of halogens is 1. The fourth-order valence-electron chi connectivity index (χ4n) is 2.57. The fraction of sp³-hybridized carbons (Fsp3) is 0.235. The third-order valence-corrected chi connectivity index (χ3v) is 3.83. The molecule has 2 aromatic carbocycles. The van der Waals surface area contributed by atoms with Crippen molar-refractivity contribution in [3.8, 4) is 5.69 Å². The van der Waals surface area contributed by atoms with Gasteiger partial charge < -0.3 is 5.11 Å². The predicted octanol–water partition coefficient (Wildman–Crippen LogP) is 3.78. The van der Waals surface area contributed by atoms with Gasteiger partial charge in [0.1, 0.15) is 5.82 Å². The first-order valence-corrected chi connectivity index (χ1v) is 7.47. The summed E-state index contributed by atoms with van der Waals surface area (Å²) < 4.78 is 2.16. The van der Waals surface area contributed by atoms with Crippen molar-refractivity contribution < 1.29 is 5.11 Å². The average molecular weight is 301 g/mol. The molecule has 0 bridgehead atoms. The van der Waals surface area contributed by atoms with E-state index >= 15 is 0 Å². The monoisotopic (exact) mass is 300 g/mol. The zero-order valence-electron chi connectivity index (χ0n) is 11.9. The molecule has 0 spiro atoms. The number of hydrogen-bond donors (Lipinski definition) is 1. The molecule has 3 nitrogen and oxygen atoms in total. The van der Waals surface area contributed by atoms with E-state index in [1.807, 2.05) is 30.3 Å². The van der Waals surface area contributed by atoms with Crippen molar-refractivity contribution in [2.75, 3.05) is 6.61 Å². The molecular formula is C17H17ClN2O. The molecule has 108 valence electrons. The van der Waals surface area contributed by atoms with Crippen LogP contribution in [0, 0.1) is 0 Å². The minimum Gasteiger partial charge on any atom is -0.396 e. The lowest BCUT2D eigenvalue weighted by Crippen LogP contribution is -2.00. The molecule has 1 N–H and O–H groups in total. The molecule has 1 aromatic heterocycles. The first-order chi connectivity index (χ1) is 10.2. The van der Waals surface area contributed by atoms with Gasteiger partial charge in [-0.2, -0.15) is 0 Å². The molecule has 0 aliphatic carbocycles. The first kappa shape index (κ1) is 14.1. The van der Waals surface area contributed by atoms with Crippen molar-refractivity contribution in [1.82, 2.24) is 9.55 Å². The van der Waals surface area contributed by atoms with E-state index < -0.39 is 0 Å². The summed E-state index contributed by atoms with van der Waals surface area (Å²) in [4.78, 5) is 4.67. The molecule has 4 heteroatoms. The van der Waals surface area contributed by atoms with Gasteiger partial charge in [-0.1, -0.05) is 30.7 Å². The molecule has 0 aliphatic heterocycles. The van der Waals surface area contributed by atoms with E-state index in [-0.39, 0.29) is 6.61 Å². The Morgan fingerprint density at radius 1 is 1.14 bits per heavy atom. The number of imidazole rings is 1. The number of fused-ring (bicyclic) bond motifs is 1. The summed E-state index contributed by atoms with van der Waals surface area (Å²) >= 11 is 6.05. The number of hydrogen-bond acceptors (Lipinski definition) is 2. The van der Waals surface area contributed by atoms with Crippen LogP contribution >= 0.6 is 11.6 Å². The highest BCUT2D eigenvalue weighted by Gasteiger charge is 2.11. The molecule has 3 aromatic rings. The Balaban J connectivity index is 2.13. The van der Waals surface area contributed by atoms with E-state index in [1.165, 1.54) is 0 Å². The van der Waals surface area contributed by atoms with Crippen LogP contribution in [0.4, 0.5) is 0 Å². The van der Waals surface area contributed by atoms with Crippen molar-refractivity contribution in [3.05, 3.63) is 58.9 Å². The van der Waals surface area contributed by atoms with Crippen molar-refractivity contribution in [2.45, 2.75) is 19.8 Å². The normalized spacial score (nSPS) is 11.2. The first-order valence-electron chi connectivity index (χ1n) is 7.10. The van der Waals surface area contributed by atoms with Gasteiger partial charge in [-0.15, -0.1) is 0 Å². The Bertz CT molecular complexity index is 762. The van der Waals surface area contributed by atoms with Crippen molar-refractivity contribution in [1.29, 1.82) is 0 Å². The Hall–Kier alpha value is -1.84. The van der Waals surface area contributed by atoms with Crippen molar-refractivity contribution in [3.63, 3.8) is 0 Å². The van der Waals surface area contributed by atoms with Crippen LogP contribution in [-0.4, -0.2) is 21.3 Å². The Morgan fingerprint density at radius 3 is 2.57 bits per heavy atom. The summed E-state index contributed by atoms with van der Waals surface area (Å²) in [5.41, 5.74) is 4.19. The predicted molar refractivity (Wildman–Crippen MR) is 86.2 cm³/mol. The van der Waals surface area contributed by atoms with Crippen LogP contribution in [0.3, 0.4) is 0 Å². The SMILES string of the molecule is CCc1nc2cc(Cl)ccc2n1-c1ccc(CCO)cc1. The second-order valence-electron chi connectivity index (χ2n) is 4.99. The van der Waals surface area contributed by atoms with Gasteiger partial charge in [0.2, 0.25) is 0 Å². The summed E-state index contributed by atoms with van der Waals surface area (Å²) in [6, 6.07) is 14.0. The van der Waals surface area contributed by atoms with Crippen LogP contribution in [0.5, 0.6) is 0 Å². The molecule has 1 heterocycles. The van der Waals surface area contributed by atoms with Gasteiger partial charge in [0.05, 0.1) is 11.0 Å². The number of nitrogens with zero attached hydrogens (tertiary/aromatic N) is 2. The van der Waals surface area contributed by atoms with Crippen LogP contribution in [0.25, 0.3) is 16.7 Å². The van der Waals surface area contributed by atoms with Gasteiger partial charge in [-0.3, -0.25) is 4.57 Å². The second kappa shape index (κ2) is 5.88. The van der Waals surface area contributed by atoms with Gasteiger partial charge >= 0.3 is 0 Å². The number of rotatable bonds is 4. The largest absolute Gasteiger partial charge is 0.396 e. The maximum atomic E-state index is 8.99. The molecule has 0 amide bonds. The average Bonchev–Trinajstić information content (AvgIpc) is 2.86. The van der Waals surface area contributed by atoms with Gasteiger partial charge in [0.25, 0.3) is 0 Å². The molecule has 0 fully saturated rings. The van der Waals surface area contributed by atoms with Crippen molar-refractivity contribution >= 4 is 22.6 Å². The molecule has 0 aliphatic rings. The lowest BCUT2D eigenvalue weighted by molar-refractivity contribution is 0.299. The third kappa shape index (κ3) is 2.67. The van der Waals surface area contributed by atoms with E-state index in [2.05, 4.69) is 28.6 Å². The molecule has 0 unspecified atom stereocenters. The maximum absolute atomic E-state index is 8.99. The van der Waals surface area contributed by atoms with Crippen LogP contribution in [0.1, 0.15) is 18.3 Å². The summed E-state index contributed by atoms with van der Waals surface area (Å²) in [5.74, 6) is 1.02. The Morgan fingerprint density at radius 2 is 1.90 bits per heavy atom. The minimum atomic E-state index is 0.173. The second-order valence-corrected chi connectivity index (χ2v) is 5.43. The summed E-state index contributed by atoms with van der Waals surface area (Å²) in [7, 11) is 0. The van der Waals surface area contributed by atoms with Gasteiger partial charge in [-0.05, 0) is 42.3 Å². The Kier molecular flexibility index (Phi) is 3.95. The molecule has 3 rings (SSSR count). The van der Waals surface area contributed by atoms with Crippen LogP contribution in [0.15, 0.2) is 42.5 Å². The van der Waals surface area contributed by atoms with Crippen LogP contribution < -0.4 is 0 Å². The van der Waals surface area contributed by atoms with Crippen molar-refractivity contribution in [2.24, 2.45) is 0 Å². The number of aromatic nitrogens is 2.